The van der Waals surface area contributed by atoms with Gasteiger partial charge >= 0.3 is 0 Å². The first-order chi connectivity index (χ1) is 10.7. The SMILES string of the molecule is CCC(C)c1ccc(OC(C)OCC2CC3CCC2C3)cc1. The highest BCUT2D eigenvalue weighted by Crippen LogP contribution is 2.48. The molecule has 1 aromatic carbocycles. The van der Waals surface area contributed by atoms with Gasteiger partial charge in [-0.3, -0.25) is 0 Å². The lowest BCUT2D eigenvalue weighted by atomic mass is 9.90. The molecule has 0 N–H and O–H groups in total. The molecule has 0 aliphatic heterocycles. The molecule has 0 spiro atoms. The highest BCUT2D eigenvalue weighted by molar-refractivity contribution is 5.29. The predicted octanol–water partition coefficient (Wildman–Crippen LogP) is 5.38. The monoisotopic (exact) mass is 302 g/mol. The van der Waals surface area contributed by atoms with Gasteiger partial charge in [0.25, 0.3) is 0 Å². The second kappa shape index (κ2) is 7.04. The first-order valence-corrected chi connectivity index (χ1v) is 9.04. The van der Waals surface area contributed by atoms with Crippen LogP contribution in [0.1, 0.15) is 64.4 Å². The lowest BCUT2D eigenvalue weighted by Crippen LogP contribution is -2.23. The van der Waals surface area contributed by atoms with Crippen LogP contribution in [0.3, 0.4) is 0 Å². The first kappa shape index (κ1) is 15.9. The van der Waals surface area contributed by atoms with Crippen molar-refractivity contribution in [3.63, 3.8) is 0 Å². The lowest BCUT2D eigenvalue weighted by molar-refractivity contribution is -0.0840. The van der Waals surface area contributed by atoms with E-state index in [0.29, 0.717) is 5.92 Å². The maximum atomic E-state index is 5.96. The molecule has 0 aromatic heterocycles. The fourth-order valence-electron chi connectivity index (χ4n) is 4.18. The van der Waals surface area contributed by atoms with Crippen molar-refractivity contribution in [2.24, 2.45) is 17.8 Å². The molecule has 5 unspecified atom stereocenters. The van der Waals surface area contributed by atoms with Crippen LogP contribution in [0, 0.1) is 17.8 Å². The van der Waals surface area contributed by atoms with Crippen LogP contribution in [-0.2, 0) is 4.74 Å². The lowest BCUT2D eigenvalue weighted by Gasteiger charge is -2.24. The topological polar surface area (TPSA) is 18.5 Å². The molecule has 2 bridgehead atoms. The standard InChI is InChI=1S/C20H30O2/c1-4-14(2)17-7-9-20(10-8-17)22-15(3)21-13-19-12-16-5-6-18(19)11-16/h7-10,14-16,18-19H,4-6,11-13H2,1-3H3. The Morgan fingerprint density at radius 3 is 2.45 bits per heavy atom. The van der Waals surface area contributed by atoms with Gasteiger partial charge in [-0.1, -0.05) is 32.4 Å². The minimum atomic E-state index is -0.159. The van der Waals surface area contributed by atoms with Crippen molar-refractivity contribution >= 4 is 0 Å². The highest BCUT2D eigenvalue weighted by atomic mass is 16.7. The summed E-state index contributed by atoms with van der Waals surface area (Å²) in [5.74, 6) is 4.21. The van der Waals surface area contributed by atoms with E-state index < -0.39 is 0 Å². The molecule has 2 fully saturated rings. The highest BCUT2D eigenvalue weighted by Gasteiger charge is 2.39. The minimum absolute atomic E-state index is 0.159. The maximum Gasteiger partial charge on any atom is 0.196 e. The first-order valence-electron chi connectivity index (χ1n) is 9.04. The summed E-state index contributed by atoms with van der Waals surface area (Å²) in [4.78, 5) is 0. The van der Waals surface area contributed by atoms with E-state index in [-0.39, 0.29) is 6.29 Å². The van der Waals surface area contributed by atoms with Gasteiger partial charge in [0, 0.05) is 0 Å². The Morgan fingerprint density at radius 2 is 1.86 bits per heavy atom. The second-order valence-corrected chi connectivity index (χ2v) is 7.33. The van der Waals surface area contributed by atoms with E-state index in [2.05, 4.69) is 38.1 Å². The fraction of sp³-hybridized carbons (Fsp3) is 0.700. The molecule has 0 saturated heterocycles. The molecular formula is C20H30O2. The summed E-state index contributed by atoms with van der Waals surface area (Å²) in [5, 5.41) is 0. The Kier molecular flexibility index (Phi) is 5.07. The Labute approximate surface area is 135 Å². The molecule has 2 nitrogen and oxygen atoms in total. The zero-order chi connectivity index (χ0) is 15.5. The average Bonchev–Trinajstić information content (AvgIpc) is 3.15. The summed E-state index contributed by atoms with van der Waals surface area (Å²) in [6.45, 7) is 7.36. The third-order valence-electron chi connectivity index (χ3n) is 5.79. The van der Waals surface area contributed by atoms with Crippen molar-refractivity contribution in [3.05, 3.63) is 29.8 Å². The van der Waals surface area contributed by atoms with E-state index in [9.17, 15) is 0 Å². The van der Waals surface area contributed by atoms with Crippen LogP contribution in [-0.4, -0.2) is 12.9 Å². The van der Waals surface area contributed by atoms with Crippen molar-refractivity contribution in [1.82, 2.24) is 0 Å². The Hall–Kier alpha value is -1.02. The minimum Gasteiger partial charge on any atom is -0.465 e. The van der Waals surface area contributed by atoms with Gasteiger partial charge in [0.15, 0.2) is 6.29 Å². The molecule has 0 amide bonds. The van der Waals surface area contributed by atoms with E-state index in [1.807, 2.05) is 6.92 Å². The number of ether oxygens (including phenoxy) is 2. The average molecular weight is 302 g/mol. The van der Waals surface area contributed by atoms with Gasteiger partial charge < -0.3 is 9.47 Å². The van der Waals surface area contributed by atoms with E-state index >= 15 is 0 Å². The number of fused-ring (bicyclic) bond motifs is 2. The third kappa shape index (κ3) is 3.65. The van der Waals surface area contributed by atoms with Crippen LogP contribution in [0.2, 0.25) is 0 Å². The van der Waals surface area contributed by atoms with Gasteiger partial charge in [0.05, 0.1) is 6.61 Å². The molecule has 1 aromatic rings. The Morgan fingerprint density at radius 1 is 1.09 bits per heavy atom. The van der Waals surface area contributed by atoms with Gasteiger partial charge in [-0.2, -0.15) is 0 Å². The van der Waals surface area contributed by atoms with E-state index in [1.165, 1.54) is 37.7 Å². The summed E-state index contributed by atoms with van der Waals surface area (Å²) < 4.78 is 11.9. The van der Waals surface area contributed by atoms with Gasteiger partial charge in [-0.25, -0.2) is 0 Å². The molecule has 2 heteroatoms. The molecule has 2 aliphatic carbocycles. The molecular weight excluding hydrogens is 272 g/mol. The van der Waals surface area contributed by atoms with Gasteiger partial charge in [0.1, 0.15) is 5.75 Å². The van der Waals surface area contributed by atoms with E-state index in [1.54, 1.807) is 0 Å². The van der Waals surface area contributed by atoms with Crippen LogP contribution in [0.15, 0.2) is 24.3 Å². The zero-order valence-corrected chi connectivity index (χ0v) is 14.3. The molecule has 5 atom stereocenters. The van der Waals surface area contributed by atoms with Crippen LogP contribution in [0.4, 0.5) is 0 Å². The van der Waals surface area contributed by atoms with Crippen molar-refractivity contribution in [1.29, 1.82) is 0 Å². The van der Waals surface area contributed by atoms with Crippen LogP contribution in [0.25, 0.3) is 0 Å². The van der Waals surface area contributed by atoms with Crippen LogP contribution >= 0.6 is 0 Å². The zero-order valence-electron chi connectivity index (χ0n) is 14.3. The molecule has 2 saturated carbocycles. The summed E-state index contributed by atoms with van der Waals surface area (Å²) in [7, 11) is 0. The largest absolute Gasteiger partial charge is 0.465 e. The molecule has 2 aliphatic rings. The molecule has 22 heavy (non-hydrogen) atoms. The molecule has 0 radical (unpaired) electrons. The second-order valence-electron chi connectivity index (χ2n) is 7.33. The van der Waals surface area contributed by atoms with Crippen LogP contribution in [0.5, 0.6) is 5.75 Å². The van der Waals surface area contributed by atoms with E-state index in [4.69, 9.17) is 9.47 Å². The van der Waals surface area contributed by atoms with Crippen LogP contribution < -0.4 is 4.74 Å². The van der Waals surface area contributed by atoms with Crippen molar-refractivity contribution in [2.75, 3.05) is 6.61 Å². The smallest absolute Gasteiger partial charge is 0.196 e. The Balaban J connectivity index is 1.44. The Bertz CT molecular complexity index is 467. The fourth-order valence-corrected chi connectivity index (χ4v) is 4.18. The van der Waals surface area contributed by atoms with Crippen molar-refractivity contribution in [2.45, 2.75) is 65.1 Å². The quantitative estimate of drug-likeness (QED) is 0.630. The van der Waals surface area contributed by atoms with Crippen molar-refractivity contribution < 1.29 is 9.47 Å². The molecule has 122 valence electrons. The summed E-state index contributed by atoms with van der Waals surface area (Å²) in [6.07, 6.45) is 6.71. The summed E-state index contributed by atoms with van der Waals surface area (Å²) in [6, 6.07) is 8.48. The van der Waals surface area contributed by atoms with Crippen molar-refractivity contribution in [3.8, 4) is 5.75 Å². The predicted molar refractivity (Wildman–Crippen MR) is 90.1 cm³/mol. The maximum absolute atomic E-state index is 5.96. The number of benzene rings is 1. The van der Waals surface area contributed by atoms with E-state index in [0.717, 1.165) is 30.1 Å². The van der Waals surface area contributed by atoms with Gasteiger partial charge in [-0.15, -0.1) is 0 Å². The normalized spacial score (nSPS) is 29.5. The van der Waals surface area contributed by atoms with Gasteiger partial charge in [0.2, 0.25) is 0 Å². The summed E-state index contributed by atoms with van der Waals surface area (Å²) in [5.41, 5.74) is 1.38. The number of hydrogen-bond acceptors (Lipinski definition) is 2. The summed E-state index contributed by atoms with van der Waals surface area (Å²) >= 11 is 0. The molecule has 3 rings (SSSR count). The third-order valence-corrected chi connectivity index (χ3v) is 5.79. The van der Waals surface area contributed by atoms with Gasteiger partial charge in [-0.05, 0) is 74.0 Å². The number of rotatable bonds is 7. The number of hydrogen-bond donors (Lipinski definition) is 0. The molecule has 0 heterocycles.